The quantitative estimate of drug-likeness (QED) is 0.660. The van der Waals surface area contributed by atoms with E-state index in [1.54, 1.807) is 0 Å². The molecule has 0 atom stereocenters. The molecule has 0 amide bonds. The number of ether oxygens (including phenoxy) is 2. The third-order valence-electron chi connectivity index (χ3n) is 4.11. The Morgan fingerprint density at radius 2 is 1.63 bits per heavy atom. The smallest absolute Gasteiger partial charge is 0.243 e. The van der Waals surface area contributed by atoms with Gasteiger partial charge in [0.1, 0.15) is 10.7 Å². The number of sulfonamides is 1. The standard InChI is InChI=1S/C19H25FN2O4S/c1-22(2)15-9-7-14(8-10-15)6-5-11-21-27(23,24)19-13-18(26-4)17(25-3)12-16(19)20/h7-10,12-13,21H,5-6,11H2,1-4H3. The first-order chi connectivity index (χ1) is 12.8. The lowest BCUT2D eigenvalue weighted by molar-refractivity contribution is 0.350. The van der Waals surface area contributed by atoms with Crippen molar-refractivity contribution in [1.29, 1.82) is 0 Å². The number of aryl methyl sites for hydroxylation is 1. The van der Waals surface area contributed by atoms with E-state index in [0.717, 1.165) is 23.4 Å². The molecule has 0 unspecified atom stereocenters. The Morgan fingerprint density at radius 1 is 1.04 bits per heavy atom. The van der Waals surface area contributed by atoms with Gasteiger partial charge in [0.05, 0.1) is 14.2 Å². The van der Waals surface area contributed by atoms with Gasteiger partial charge in [0.2, 0.25) is 10.0 Å². The highest BCUT2D eigenvalue weighted by Gasteiger charge is 2.22. The average molecular weight is 396 g/mol. The van der Waals surface area contributed by atoms with E-state index in [9.17, 15) is 12.8 Å². The van der Waals surface area contributed by atoms with Crippen molar-refractivity contribution < 1.29 is 22.3 Å². The molecular weight excluding hydrogens is 371 g/mol. The fraction of sp³-hybridized carbons (Fsp3) is 0.368. The zero-order valence-electron chi connectivity index (χ0n) is 16.0. The molecule has 0 heterocycles. The molecule has 0 aliphatic rings. The van der Waals surface area contributed by atoms with Crippen LogP contribution in [0.4, 0.5) is 10.1 Å². The summed E-state index contributed by atoms with van der Waals surface area (Å²) in [7, 11) is 2.67. The van der Waals surface area contributed by atoms with Gasteiger partial charge < -0.3 is 14.4 Å². The Morgan fingerprint density at radius 3 is 2.19 bits per heavy atom. The minimum atomic E-state index is -3.99. The van der Waals surface area contributed by atoms with Crippen LogP contribution >= 0.6 is 0 Å². The first-order valence-corrected chi connectivity index (χ1v) is 9.94. The van der Waals surface area contributed by atoms with Crippen molar-refractivity contribution in [1.82, 2.24) is 4.72 Å². The molecule has 1 N–H and O–H groups in total. The molecular formula is C19H25FN2O4S. The number of nitrogens with one attached hydrogen (secondary N) is 1. The Labute approximate surface area is 160 Å². The Hall–Kier alpha value is -2.32. The molecule has 8 heteroatoms. The van der Waals surface area contributed by atoms with Crippen LogP contribution in [-0.4, -0.2) is 43.3 Å². The van der Waals surface area contributed by atoms with Crippen molar-refractivity contribution in [3.8, 4) is 11.5 Å². The molecule has 0 aliphatic heterocycles. The fourth-order valence-corrected chi connectivity index (χ4v) is 3.73. The summed E-state index contributed by atoms with van der Waals surface area (Å²) in [6.45, 7) is 0.200. The van der Waals surface area contributed by atoms with E-state index in [0.29, 0.717) is 12.8 Å². The molecule has 0 spiro atoms. The maximum Gasteiger partial charge on any atom is 0.243 e. The van der Waals surface area contributed by atoms with E-state index in [-0.39, 0.29) is 18.0 Å². The molecule has 0 bridgehead atoms. The molecule has 0 aliphatic carbocycles. The molecule has 0 saturated carbocycles. The highest BCUT2D eigenvalue weighted by molar-refractivity contribution is 7.89. The molecule has 0 saturated heterocycles. The van der Waals surface area contributed by atoms with E-state index < -0.39 is 20.7 Å². The lowest BCUT2D eigenvalue weighted by atomic mass is 10.1. The lowest BCUT2D eigenvalue weighted by Gasteiger charge is -2.13. The van der Waals surface area contributed by atoms with Gasteiger partial charge in [-0.15, -0.1) is 0 Å². The van der Waals surface area contributed by atoms with Crippen LogP contribution in [0.3, 0.4) is 0 Å². The van der Waals surface area contributed by atoms with Crippen molar-refractivity contribution in [2.45, 2.75) is 17.7 Å². The number of hydrogen-bond acceptors (Lipinski definition) is 5. The molecule has 0 radical (unpaired) electrons. The summed E-state index contributed by atoms with van der Waals surface area (Å²) >= 11 is 0. The van der Waals surface area contributed by atoms with Crippen LogP contribution in [0, 0.1) is 5.82 Å². The number of nitrogens with zero attached hydrogens (tertiary/aromatic N) is 1. The van der Waals surface area contributed by atoms with Gasteiger partial charge in [0.15, 0.2) is 11.5 Å². The second kappa shape index (κ2) is 9.05. The number of anilines is 1. The van der Waals surface area contributed by atoms with Gasteiger partial charge in [-0.2, -0.15) is 0 Å². The predicted octanol–water partition coefficient (Wildman–Crippen LogP) is 2.82. The third-order valence-corrected chi connectivity index (χ3v) is 5.59. The first kappa shape index (κ1) is 21.0. The summed E-state index contributed by atoms with van der Waals surface area (Å²) in [5, 5.41) is 0. The first-order valence-electron chi connectivity index (χ1n) is 8.46. The number of halogens is 1. The topological polar surface area (TPSA) is 67.9 Å². The summed E-state index contributed by atoms with van der Waals surface area (Å²) in [6.07, 6.45) is 1.31. The van der Waals surface area contributed by atoms with Crippen molar-refractivity contribution in [2.24, 2.45) is 0 Å². The fourth-order valence-electron chi connectivity index (χ4n) is 2.58. The molecule has 2 aromatic rings. The van der Waals surface area contributed by atoms with Gasteiger partial charge in [0, 0.05) is 38.5 Å². The van der Waals surface area contributed by atoms with E-state index >= 15 is 0 Å². The summed E-state index contributed by atoms with van der Waals surface area (Å²) in [6, 6.07) is 10.2. The largest absolute Gasteiger partial charge is 0.493 e. The van der Waals surface area contributed by atoms with Crippen molar-refractivity contribution in [2.75, 3.05) is 39.8 Å². The molecule has 0 fully saturated rings. The minimum Gasteiger partial charge on any atom is -0.493 e. The maximum atomic E-state index is 14.2. The van der Waals surface area contributed by atoms with Gasteiger partial charge in [-0.05, 0) is 30.5 Å². The van der Waals surface area contributed by atoms with Crippen molar-refractivity contribution >= 4 is 15.7 Å². The van der Waals surface area contributed by atoms with Crippen molar-refractivity contribution in [3.05, 3.63) is 47.8 Å². The van der Waals surface area contributed by atoms with Gasteiger partial charge in [-0.1, -0.05) is 12.1 Å². The molecule has 2 rings (SSSR count). The normalized spacial score (nSPS) is 11.3. The maximum absolute atomic E-state index is 14.2. The van der Waals surface area contributed by atoms with Gasteiger partial charge in [0.25, 0.3) is 0 Å². The summed E-state index contributed by atoms with van der Waals surface area (Å²) in [5.74, 6) is -0.602. The van der Waals surface area contributed by atoms with Crippen LogP contribution in [0.2, 0.25) is 0 Å². The Kier molecular flexibility index (Phi) is 7.04. The molecule has 6 nitrogen and oxygen atoms in total. The molecule has 148 valence electrons. The van der Waals surface area contributed by atoms with Gasteiger partial charge >= 0.3 is 0 Å². The van der Waals surface area contributed by atoms with E-state index in [1.807, 2.05) is 43.3 Å². The number of methoxy groups -OCH3 is 2. The molecule has 0 aromatic heterocycles. The zero-order chi connectivity index (χ0) is 20.0. The van der Waals surface area contributed by atoms with Crippen molar-refractivity contribution in [3.63, 3.8) is 0 Å². The van der Waals surface area contributed by atoms with Crippen LogP contribution in [0.1, 0.15) is 12.0 Å². The summed E-state index contributed by atoms with van der Waals surface area (Å²) < 4.78 is 51.4. The van der Waals surface area contributed by atoms with Crippen LogP contribution in [0.25, 0.3) is 0 Å². The average Bonchev–Trinajstić information content (AvgIpc) is 2.65. The number of benzene rings is 2. The van der Waals surface area contributed by atoms with Crippen LogP contribution in [-0.2, 0) is 16.4 Å². The summed E-state index contributed by atoms with van der Waals surface area (Å²) in [5.41, 5.74) is 2.21. The highest BCUT2D eigenvalue weighted by atomic mass is 32.2. The van der Waals surface area contributed by atoms with Gasteiger partial charge in [-0.25, -0.2) is 17.5 Å². The second-order valence-corrected chi connectivity index (χ2v) is 7.94. The summed E-state index contributed by atoms with van der Waals surface area (Å²) in [4.78, 5) is 1.55. The van der Waals surface area contributed by atoms with Gasteiger partial charge in [-0.3, -0.25) is 0 Å². The van der Waals surface area contributed by atoms with Crippen LogP contribution < -0.4 is 19.1 Å². The van der Waals surface area contributed by atoms with E-state index in [4.69, 9.17) is 9.47 Å². The third kappa shape index (κ3) is 5.33. The van der Waals surface area contributed by atoms with E-state index in [1.165, 1.54) is 14.2 Å². The molecule has 2 aromatic carbocycles. The second-order valence-electron chi connectivity index (χ2n) is 6.20. The number of hydrogen-bond donors (Lipinski definition) is 1. The highest BCUT2D eigenvalue weighted by Crippen LogP contribution is 2.31. The minimum absolute atomic E-state index is 0.134. The predicted molar refractivity (Wildman–Crippen MR) is 104 cm³/mol. The zero-order valence-corrected chi connectivity index (χ0v) is 16.8. The SMILES string of the molecule is COc1cc(F)c(S(=O)(=O)NCCCc2ccc(N(C)C)cc2)cc1OC. The van der Waals surface area contributed by atoms with Crippen LogP contribution in [0.15, 0.2) is 41.3 Å². The van der Waals surface area contributed by atoms with Crippen LogP contribution in [0.5, 0.6) is 11.5 Å². The molecule has 27 heavy (non-hydrogen) atoms. The number of rotatable bonds is 9. The monoisotopic (exact) mass is 396 g/mol. The Balaban J connectivity index is 1.98. The Bertz CT molecular complexity index is 868. The lowest BCUT2D eigenvalue weighted by Crippen LogP contribution is -2.26. The van der Waals surface area contributed by atoms with E-state index in [2.05, 4.69) is 4.72 Å².